The van der Waals surface area contributed by atoms with Crippen molar-refractivity contribution in [1.82, 2.24) is 9.80 Å². The summed E-state index contributed by atoms with van der Waals surface area (Å²) in [5, 5.41) is 9.35. The molecule has 1 atom stereocenters. The number of nitrogens with zero attached hydrogens (tertiary/aromatic N) is 2. The van der Waals surface area contributed by atoms with Crippen molar-refractivity contribution in [1.29, 1.82) is 0 Å². The van der Waals surface area contributed by atoms with Gasteiger partial charge in [-0.2, -0.15) is 0 Å². The Hall–Kier alpha value is -1.30. The van der Waals surface area contributed by atoms with Gasteiger partial charge in [-0.05, 0) is 19.3 Å². The van der Waals surface area contributed by atoms with E-state index in [0.29, 0.717) is 52.2 Å². The molecule has 6 nitrogen and oxygen atoms in total. The summed E-state index contributed by atoms with van der Waals surface area (Å²) in [6.07, 6.45) is 1.96. The van der Waals surface area contributed by atoms with Crippen molar-refractivity contribution >= 4 is 12.0 Å². The number of amides is 2. The lowest BCUT2D eigenvalue weighted by Gasteiger charge is -2.28. The van der Waals surface area contributed by atoms with Gasteiger partial charge in [-0.1, -0.05) is 6.92 Å². The molecule has 2 aliphatic rings. The van der Waals surface area contributed by atoms with E-state index in [1.54, 1.807) is 9.80 Å². The predicted octanol–water partition coefficient (Wildman–Crippen LogP) is 1.02. The number of carbonyl (C=O) groups excluding carboxylic acids is 1. The van der Waals surface area contributed by atoms with Gasteiger partial charge in [-0.25, -0.2) is 4.79 Å². The molecule has 0 radical (unpaired) electrons. The Morgan fingerprint density at radius 2 is 2.00 bits per heavy atom. The molecule has 2 rings (SSSR count). The van der Waals surface area contributed by atoms with Crippen molar-refractivity contribution in [2.24, 2.45) is 5.41 Å². The molecule has 1 N–H and O–H groups in total. The van der Waals surface area contributed by atoms with E-state index in [4.69, 9.17) is 4.74 Å². The van der Waals surface area contributed by atoms with Gasteiger partial charge in [0, 0.05) is 32.8 Å². The summed E-state index contributed by atoms with van der Waals surface area (Å²) in [7, 11) is 0. The van der Waals surface area contributed by atoms with Crippen molar-refractivity contribution in [2.45, 2.75) is 26.2 Å². The number of carboxylic acid groups (broad SMARTS) is 1. The fourth-order valence-electron chi connectivity index (χ4n) is 2.79. The standard InChI is InChI=1S/C13H22N2O4/c1-2-13(11(16)17)4-6-15(10-13)12(18)14-5-3-8-19-9-7-14/h2-10H2,1H3,(H,16,17). The lowest BCUT2D eigenvalue weighted by atomic mass is 9.84. The molecule has 2 heterocycles. The normalized spacial score (nSPS) is 28.3. The molecule has 0 saturated carbocycles. The van der Waals surface area contributed by atoms with Crippen LogP contribution in [0, 0.1) is 5.41 Å². The number of hydrogen-bond acceptors (Lipinski definition) is 3. The van der Waals surface area contributed by atoms with Crippen LogP contribution >= 0.6 is 0 Å². The minimum Gasteiger partial charge on any atom is -0.481 e. The van der Waals surface area contributed by atoms with E-state index in [1.165, 1.54) is 0 Å². The Kier molecular flexibility index (Phi) is 4.29. The first-order valence-electron chi connectivity index (χ1n) is 6.94. The summed E-state index contributed by atoms with van der Waals surface area (Å²) in [6, 6.07) is -0.0397. The first kappa shape index (κ1) is 14.1. The average molecular weight is 270 g/mol. The van der Waals surface area contributed by atoms with Crippen LogP contribution < -0.4 is 0 Å². The summed E-state index contributed by atoms with van der Waals surface area (Å²) in [5.41, 5.74) is -0.752. The largest absolute Gasteiger partial charge is 0.481 e. The van der Waals surface area contributed by atoms with Gasteiger partial charge >= 0.3 is 12.0 Å². The molecule has 19 heavy (non-hydrogen) atoms. The summed E-state index contributed by atoms with van der Waals surface area (Å²) < 4.78 is 5.33. The maximum absolute atomic E-state index is 12.4. The van der Waals surface area contributed by atoms with Gasteiger partial charge in [-0.15, -0.1) is 0 Å². The fourth-order valence-corrected chi connectivity index (χ4v) is 2.79. The van der Waals surface area contributed by atoms with Crippen LogP contribution in [0.25, 0.3) is 0 Å². The number of aliphatic carboxylic acids is 1. The molecule has 0 aromatic rings. The molecule has 6 heteroatoms. The van der Waals surface area contributed by atoms with Crippen LogP contribution in [0.2, 0.25) is 0 Å². The molecular formula is C13H22N2O4. The first-order valence-corrected chi connectivity index (χ1v) is 6.94. The van der Waals surface area contributed by atoms with E-state index in [-0.39, 0.29) is 6.03 Å². The maximum atomic E-state index is 12.4. The number of likely N-dealkylation sites (tertiary alicyclic amines) is 1. The Labute approximate surface area is 113 Å². The minimum absolute atomic E-state index is 0.0397. The topological polar surface area (TPSA) is 70.1 Å². The highest BCUT2D eigenvalue weighted by atomic mass is 16.5. The van der Waals surface area contributed by atoms with Crippen LogP contribution in [0.15, 0.2) is 0 Å². The molecule has 0 spiro atoms. The summed E-state index contributed by atoms with van der Waals surface area (Å²) in [6.45, 7) is 5.30. The quantitative estimate of drug-likeness (QED) is 0.813. The van der Waals surface area contributed by atoms with Crippen LogP contribution in [0.3, 0.4) is 0 Å². The van der Waals surface area contributed by atoms with Crippen molar-refractivity contribution in [3.05, 3.63) is 0 Å². The molecule has 2 aliphatic heterocycles. The minimum atomic E-state index is -0.788. The Morgan fingerprint density at radius 1 is 1.21 bits per heavy atom. The zero-order valence-electron chi connectivity index (χ0n) is 11.4. The Morgan fingerprint density at radius 3 is 2.63 bits per heavy atom. The second kappa shape index (κ2) is 5.77. The molecule has 2 amide bonds. The Balaban J connectivity index is 1.99. The number of hydrogen-bond donors (Lipinski definition) is 1. The maximum Gasteiger partial charge on any atom is 0.320 e. The highest BCUT2D eigenvalue weighted by molar-refractivity contribution is 5.79. The van der Waals surface area contributed by atoms with Gasteiger partial charge in [0.05, 0.1) is 12.0 Å². The lowest BCUT2D eigenvalue weighted by Crippen LogP contribution is -2.45. The van der Waals surface area contributed by atoms with Crippen LogP contribution in [0.5, 0.6) is 0 Å². The number of carboxylic acids is 1. The summed E-state index contributed by atoms with van der Waals surface area (Å²) >= 11 is 0. The van der Waals surface area contributed by atoms with Crippen LogP contribution in [-0.2, 0) is 9.53 Å². The van der Waals surface area contributed by atoms with Gasteiger partial charge in [-0.3, -0.25) is 4.79 Å². The van der Waals surface area contributed by atoms with Gasteiger partial charge in [0.25, 0.3) is 0 Å². The zero-order valence-corrected chi connectivity index (χ0v) is 11.4. The third kappa shape index (κ3) is 2.83. The third-order valence-electron chi connectivity index (χ3n) is 4.25. The second-order valence-corrected chi connectivity index (χ2v) is 5.35. The van der Waals surface area contributed by atoms with E-state index in [1.807, 2.05) is 6.92 Å². The summed E-state index contributed by atoms with van der Waals surface area (Å²) in [4.78, 5) is 27.2. The van der Waals surface area contributed by atoms with Gasteiger partial charge < -0.3 is 19.6 Å². The number of ether oxygens (including phenoxy) is 1. The molecule has 0 aromatic carbocycles. The third-order valence-corrected chi connectivity index (χ3v) is 4.25. The number of rotatable bonds is 2. The van der Waals surface area contributed by atoms with E-state index in [9.17, 15) is 14.7 Å². The molecule has 2 saturated heterocycles. The van der Waals surface area contributed by atoms with Gasteiger partial charge in [0.1, 0.15) is 0 Å². The van der Waals surface area contributed by atoms with Crippen molar-refractivity contribution in [3.8, 4) is 0 Å². The van der Waals surface area contributed by atoms with Gasteiger partial charge in [0.2, 0.25) is 0 Å². The molecule has 0 aliphatic carbocycles. The van der Waals surface area contributed by atoms with Gasteiger partial charge in [0.15, 0.2) is 0 Å². The van der Waals surface area contributed by atoms with Crippen LogP contribution in [-0.4, -0.2) is 66.3 Å². The van der Waals surface area contributed by atoms with Crippen molar-refractivity contribution in [3.63, 3.8) is 0 Å². The number of urea groups is 1. The molecule has 0 bridgehead atoms. The molecule has 0 aromatic heterocycles. The highest BCUT2D eigenvalue weighted by Gasteiger charge is 2.45. The monoisotopic (exact) mass is 270 g/mol. The first-order chi connectivity index (χ1) is 9.09. The molecule has 108 valence electrons. The van der Waals surface area contributed by atoms with Crippen LogP contribution in [0.1, 0.15) is 26.2 Å². The van der Waals surface area contributed by atoms with E-state index >= 15 is 0 Å². The zero-order chi connectivity index (χ0) is 13.9. The smallest absolute Gasteiger partial charge is 0.320 e. The second-order valence-electron chi connectivity index (χ2n) is 5.35. The van der Waals surface area contributed by atoms with E-state index in [2.05, 4.69) is 0 Å². The summed E-state index contributed by atoms with van der Waals surface area (Å²) in [5.74, 6) is -0.788. The number of carbonyl (C=O) groups is 2. The Bertz CT molecular complexity index is 353. The van der Waals surface area contributed by atoms with E-state index in [0.717, 1.165) is 6.42 Å². The van der Waals surface area contributed by atoms with Crippen molar-refractivity contribution in [2.75, 3.05) is 39.4 Å². The SMILES string of the molecule is CCC1(C(=O)O)CCN(C(=O)N2CCCOCC2)C1. The average Bonchev–Trinajstić information content (AvgIpc) is 2.67. The van der Waals surface area contributed by atoms with Crippen LogP contribution in [0.4, 0.5) is 4.79 Å². The predicted molar refractivity (Wildman–Crippen MR) is 69.0 cm³/mol. The van der Waals surface area contributed by atoms with E-state index < -0.39 is 11.4 Å². The molecule has 1 unspecified atom stereocenters. The molecular weight excluding hydrogens is 248 g/mol. The van der Waals surface area contributed by atoms with Crippen molar-refractivity contribution < 1.29 is 19.4 Å². The highest BCUT2D eigenvalue weighted by Crippen LogP contribution is 2.34. The molecule has 2 fully saturated rings. The lowest BCUT2D eigenvalue weighted by molar-refractivity contribution is -0.148. The fraction of sp³-hybridized carbons (Fsp3) is 0.846.